The molecule has 1 aromatic heterocycles. The van der Waals surface area contributed by atoms with Crippen molar-refractivity contribution in [1.29, 1.82) is 0 Å². The Hall–Kier alpha value is -1.65. The van der Waals surface area contributed by atoms with E-state index in [1.807, 2.05) is 0 Å². The van der Waals surface area contributed by atoms with Gasteiger partial charge in [0.15, 0.2) is 5.96 Å². The zero-order chi connectivity index (χ0) is 14.4. The second-order valence-corrected chi connectivity index (χ2v) is 5.46. The molecule has 0 aliphatic heterocycles. The molecule has 1 aliphatic carbocycles. The van der Waals surface area contributed by atoms with Gasteiger partial charge < -0.3 is 10.6 Å². The van der Waals surface area contributed by atoms with Gasteiger partial charge in [0.1, 0.15) is 5.82 Å². The molecule has 0 saturated heterocycles. The summed E-state index contributed by atoms with van der Waals surface area (Å²) in [6.07, 6.45) is 6.44. The maximum absolute atomic E-state index is 13.5. The average molecular weight is 278 g/mol. The third-order valence-electron chi connectivity index (χ3n) is 3.84. The molecule has 0 spiro atoms. The van der Waals surface area contributed by atoms with Crippen LogP contribution in [0, 0.1) is 11.7 Å². The lowest BCUT2D eigenvalue weighted by molar-refractivity contribution is 0.329. The van der Waals surface area contributed by atoms with Crippen LogP contribution in [0.1, 0.15) is 38.3 Å². The maximum atomic E-state index is 13.5. The zero-order valence-electron chi connectivity index (χ0n) is 12.2. The normalized spacial score (nSPS) is 23.4. The van der Waals surface area contributed by atoms with Crippen molar-refractivity contribution in [1.82, 2.24) is 15.6 Å². The number of hydrogen-bond acceptors (Lipinski definition) is 2. The summed E-state index contributed by atoms with van der Waals surface area (Å²) < 4.78 is 13.5. The number of halogens is 1. The van der Waals surface area contributed by atoms with Crippen LogP contribution in [0.4, 0.5) is 4.39 Å². The minimum Gasteiger partial charge on any atom is -0.354 e. The fraction of sp³-hybridized carbons (Fsp3) is 0.600. The Kier molecular flexibility index (Phi) is 5.32. The highest BCUT2D eigenvalue weighted by Crippen LogP contribution is 2.23. The summed E-state index contributed by atoms with van der Waals surface area (Å²) in [6.45, 7) is 2.64. The second-order valence-electron chi connectivity index (χ2n) is 5.46. The van der Waals surface area contributed by atoms with Crippen molar-refractivity contribution in [2.24, 2.45) is 10.9 Å². The molecule has 2 N–H and O–H groups in total. The molecule has 0 atom stereocenters. The van der Waals surface area contributed by atoms with Crippen LogP contribution in [0.15, 0.2) is 23.3 Å². The molecule has 2 rings (SSSR count). The highest BCUT2D eigenvalue weighted by atomic mass is 19.1. The molecule has 1 aromatic rings. The van der Waals surface area contributed by atoms with Crippen LogP contribution in [0.5, 0.6) is 0 Å². The first kappa shape index (κ1) is 14.8. The number of aromatic nitrogens is 1. The summed E-state index contributed by atoms with van der Waals surface area (Å²) in [5.74, 6) is 1.25. The monoisotopic (exact) mass is 278 g/mol. The van der Waals surface area contributed by atoms with Gasteiger partial charge in [-0.1, -0.05) is 6.92 Å². The quantitative estimate of drug-likeness (QED) is 0.659. The molecule has 1 aliphatic rings. The van der Waals surface area contributed by atoms with Gasteiger partial charge in [0.05, 0.1) is 12.2 Å². The van der Waals surface area contributed by atoms with Crippen molar-refractivity contribution in [2.75, 3.05) is 7.05 Å². The van der Waals surface area contributed by atoms with E-state index in [1.54, 1.807) is 19.3 Å². The largest absolute Gasteiger partial charge is 0.354 e. The Balaban J connectivity index is 1.83. The van der Waals surface area contributed by atoms with Gasteiger partial charge in [-0.2, -0.15) is 0 Å². The van der Waals surface area contributed by atoms with E-state index < -0.39 is 0 Å². The average Bonchev–Trinajstić information content (AvgIpc) is 2.47. The summed E-state index contributed by atoms with van der Waals surface area (Å²) >= 11 is 0. The fourth-order valence-corrected chi connectivity index (χ4v) is 2.51. The molecule has 1 saturated carbocycles. The molecule has 110 valence electrons. The zero-order valence-corrected chi connectivity index (χ0v) is 12.2. The van der Waals surface area contributed by atoms with Crippen LogP contribution in [0.25, 0.3) is 0 Å². The fourth-order valence-electron chi connectivity index (χ4n) is 2.51. The topological polar surface area (TPSA) is 49.3 Å². The van der Waals surface area contributed by atoms with Gasteiger partial charge in [-0.3, -0.25) is 9.98 Å². The summed E-state index contributed by atoms with van der Waals surface area (Å²) in [5, 5.41) is 6.53. The van der Waals surface area contributed by atoms with Crippen molar-refractivity contribution < 1.29 is 4.39 Å². The summed E-state index contributed by atoms with van der Waals surface area (Å²) in [4.78, 5) is 8.21. The lowest BCUT2D eigenvalue weighted by atomic mass is 9.87. The molecule has 0 aromatic carbocycles. The molecule has 4 nitrogen and oxygen atoms in total. The molecular formula is C15H23FN4. The van der Waals surface area contributed by atoms with Crippen molar-refractivity contribution in [3.8, 4) is 0 Å². The lowest BCUT2D eigenvalue weighted by Crippen LogP contribution is -2.44. The van der Waals surface area contributed by atoms with Crippen LogP contribution in [0.3, 0.4) is 0 Å². The smallest absolute Gasteiger partial charge is 0.191 e. The number of aliphatic imine (C=N–C) groups is 1. The van der Waals surface area contributed by atoms with Crippen molar-refractivity contribution >= 4 is 5.96 Å². The predicted molar refractivity (Wildman–Crippen MR) is 78.9 cm³/mol. The van der Waals surface area contributed by atoms with Crippen LogP contribution >= 0.6 is 0 Å². The van der Waals surface area contributed by atoms with Gasteiger partial charge in [0, 0.05) is 19.3 Å². The van der Waals surface area contributed by atoms with Gasteiger partial charge in [-0.15, -0.1) is 0 Å². The molecule has 0 unspecified atom stereocenters. The Morgan fingerprint density at radius 2 is 2.15 bits per heavy atom. The van der Waals surface area contributed by atoms with E-state index >= 15 is 0 Å². The first-order chi connectivity index (χ1) is 9.69. The molecule has 0 radical (unpaired) electrons. The minimum absolute atomic E-state index is 0.290. The second kappa shape index (κ2) is 7.22. The number of guanidine groups is 1. The first-order valence-electron chi connectivity index (χ1n) is 7.25. The van der Waals surface area contributed by atoms with Gasteiger partial charge in [0.2, 0.25) is 0 Å². The molecule has 1 fully saturated rings. The third kappa shape index (κ3) is 4.18. The van der Waals surface area contributed by atoms with E-state index in [0.717, 1.165) is 11.9 Å². The van der Waals surface area contributed by atoms with E-state index in [4.69, 9.17) is 0 Å². The van der Waals surface area contributed by atoms with Crippen molar-refractivity contribution in [2.45, 2.75) is 45.2 Å². The SMILES string of the molecule is CN=C(NCc1ncccc1F)NC1CCC(C)CC1. The Morgan fingerprint density at radius 1 is 1.40 bits per heavy atom. The van der Waals surface area contributed by atoms with E-state index in [0.29, 0.717) is 18.3 Å². The van der Waals surface area contributed by atoms with Crippen LogP contribution in [0.2, 0.25) is 0 Å². The Bertz CT molecular complexity index is 453. The lowest BCUT2D eigenvalue weighted by Gasteiger charge is -2.28. The molecular weight excluding hydrogens is 255 g/mol. The van der Waals surface area contributed by atoms with E-state index in [2.05, 4.69) is 27.5 Å². The summed E-state index contributed by atoms with van der Waals surface area (Å²) in [6, 6.07) is 3.48. The number of rotatable bonds is 3. The van der Waals surface area contributed by atoms with Gasteiger partial charge in [-0.05, 0) is 43.7 Å². The molecule has 0 bridgehead atoms. The third-order valence-corrected chi connectivity index (χ3v) is 3.84. The number of pyridine rings is 1. The predicted octanol–water partition coefficient (Wildman–Crippen LogP) is 2.46. The van der Waals surface area contributed by atoms with Gasteiger partial charge in [-0.25, -0.2) is 4.39 Å². The highest BCUT2D eigenvalue weighted by Gasteiger charge is 2.18. The van der Waals surface area contributed by atoms with E-state index in [-0.39, 0.29) is 5.82 Å². The molecule has 1 heterocycles. The number of nitrogens with one attached hydrogen (secondary N) is 2. The standard InChI is InChI=1S/C15H23FN4/c1-11-5-7-12(8-6-11)20-15(17-2)19-10-14-13(16)4-3-9-18-14/h3-4,9,11-12H,5-8,10H2,1-2H3,(H2,17,19,20). The Morgan fingerprint density at radius 3 is 2.80 bits per heavy atom. The van der Waals surface area contributed by atoms with Gasteiger partial charge >= 0.3 is 0 Å². The molecule has 5 heteroatoms. The maximum Gasteiger partial charge on any atom is 0.191 e. The number of hydrogen-bond donors (Lipinski definition) is 2. The van der Waals surface area contributed by atoms with E-state index in [1.165, 1.54) is 31.7 Å². The highest BCUT2D eigenvalue weighted by molar-refractivity contribution is 5.79. The molecule has 20 heavy (non-hydrogen) atoms. The molecule has 0 amide bonds. The number of nitrogens with zero attached hydrogens (tertiary/aromatic N) is 2. The van der Waals surface area contributed by atoms with Crippen molar-refractivity contribution in [3.63, 3.8) is 0 Å². The summed E-state index contributed by atoms with van der Waals surface area (Å²) in [7, 11) is 1.73. The van der Waals surface area contributed by atoms with Gasteiger partial charge in [0.25, 0.3) is 0 Å². The van der Waals surface area contributed by atoms with Crippen LogP contribution < -0.4 is 10.6 Å². The van der Waals surface area contributed by atoms with Crippen LogP contribution in [-0.4, -0.2) is 24.0 Å². The minimum atomic E-state index is -0.290. The summed E-state index contributed by atoms with van der Waals surface area (Å²) in [5.41, 5.74) is 0.410. The van der Waals surface area contributed by atoms with Crippen molar-refractivity contribution in [3.05, 3.63) is 29.8 Å². The first-order valence-corrected chi connectivity index (χ1v) is 7.25. The van der Waals surface area contributed by atoms with E-state index in [9.17, 15) is 4.39 Å². The van der Waals surface area contributed by atoms with Crippen LogP contribution in [-0.2, 0) is 6.54 Å². The Labute approximate surface area is 119 Å².